The Morgan fingerprint density at radius 1 is 1.33 bits per heavy atom. The Balaban J connectivity index is 2.08. The molecule has 2 heterocycles. The summed E-state index contributed by atoms with van der Waals surface area (Å²) in [5.74, 6) is -0.292. The molecule has 2 aromatic heterocycles. The largest absolute Gasteiger partial charge is 0.465 e. The Morgan fingerprint density at radius 2 is 2.19 bits per heavy atom. The van der Waals surface area contributed by atoms with Crippen LogP contribution in [0.15, 0.2) is 36.8 Å². The number of aromatic nitrogens is 3. The molecule has 1 aromatic carbocycles. The van der Waals surface area contributed by atoms with Gasteiger partial charge in [0.25, 0.3) is 0 Å². The molecule has 3 rings (SSSR count). The molecular formula is C14H11ClN4O2. The molecule has 106 valence electrons. The van der Waals surface area contributed by atoms with Gasteiger partial charge in [0.1, 0.15) is 22.9 Å². The van der Waals surface area contributed by atoms with Crippen molar-refractivity contribution in [3.05, 3.63) is 47.5 Å². The van der Waals surface area contributed by atoms with Crippen molar-refractivity contribution >= 4 is 40.0 Å². The molecule has 2 N–H and O–H groups in total. The van der Waals surface area contributed by atoms with E-state index >= 15 is 0 Å². The summed E-state index contributed by atoms with van der Waals surface area (Å²) in [6.45, 7) is 0. The fraction of sp³-hybridized carbons (Fsp3) is 0.0714. The summed E-state index contributed by atoms with van der Waals surface area (Å²) in [4.78, 5) is 22.8. The number of halogens is 1. The number of hydrogen-bond acceptors (Lipinski definition) is 5. The molecule has 0 bridgehead atoms. The molecule has 0 saturated carbocycles. The number of anilines is 2. The van der Waals surface area contributed by atoms with Gasteiger partial charge in [-0.25, -0.2) is 14.8 Å². The van der Waals surface area contributed by atoms with E-state index in [0.717, 1.165) is 16.6 Å². The molecule has 7 heteroatoms. The van der Waals surface area contributed by atoms with Gasteiger partial charge in [-0.3, -0.25) is 0 Å². The Labute approximate surface area is 125 Å². The van der Waals surface area contributed by atoms with E-state index in [1.807, 2.05) is 30.5 Å². The lowest BCUT2D eigenvalue weighted by atomic mass is 10.2. The lowest BCUT2D eigenvalue weighted by Gasteiger charge is -2.11. The standard InChI is InChI=1S/C14H11ClN4O2/c1-21-14(20)11-12(15)17-7-18-13(11)19-10-4-2-3-9-8(10)5-6-16-9/h2-7,16H,1H3,(H,17,18,19). The van der Waals surface area contributed by atoms with Crippen LogP contribution >= 0.6 is 11.6 Å². The zero-order valence-corrected chi connectivity index (χ0v) is 11.8. The average Bonchev–Trinajstić information content (AvgIpc) is 2.96. The third-order valence-electron chi connectivity index (χ3n) is 3.04. The Bertz CT molecular complexity index is 816. The monoisotopic (exact) mass is 302 g/mol. The number of ether oxygens (including phenoxy) is 1. The molecule has 0 spiro atoms. The Hall–Kier alpha value is -2.60. The molecule has 21 heavy (non-hydrogen) atoms. The molecule has 0 aliphatic carbocycles. The summed E-state index contributed by atoms with van der Waals surface area (Å²) in [5, 5.41) is 4.12. The molecule has 0 unspecified atom stereocenters. The van der Waals surface area contributed by atoms with E-state index < -0.39 is 5.97 Å². The van der Waals surface area contributed by atoms with Gasteiger partial charge in [0.15, 0.2) is 0 Å². The van der Waals surface area contributed by atoms with Crippen LogP contribution in [-0.2, 0) is 4.74 Å². The number of carbonyl (C=O) groups excluding carboxylic acids is 1. The topological polar surface area (TPSA) is 79.9 Å². The van der Waals surface area contributed by atoms with Crippen molar-refractivity contribution in [3.63, 3.8) is 0 Å². The first-order valence-corrected chi connectivity index (χ1v) is 6.50. The van der Waals surface area contributed by atoms with E-state index in [4.69, 9.17) is 16.3 Å². The van der Waals surface area contributed by atoms with E-state index in [1.54, 1.807) is 0 Å². The highest BCUT2D eigenvalue weighted by atomic mass is 35.5. The van der Waals surface area contributed by atoms with Crippen LogP contribution in [0.1, 0.15) is 10.4 Å². The van der Waals surface area contributed by atoms with E-state index in [2.05, 4.69) is 20.3 Å². The summed E-state index contributed by atoms with van der Waals surface area (Å²) in [5.41, 5.74) is 1.88. The number of nitrogens with one attached hydrogen (secondary N) is 2. The molecule has 0 saturated heterocycles. The summed E-state index contributed by atoms with van der Waals surface area (Å²) < 4.78 is 4.72. The highest BCUT2D eigenvalue weighted by Gasteiger charge is 2.19. The second-order valence-electron chi connectivity index (χ2n) is 4.25. The van der Waals surface area contributed by atoms with Crippen molar-refractivity contribution < 1.29 is 9.53 Å². The van der Waals surface area contributed by atoms with Gasteiger partial charge >= 0.3 is 5.97 Å². The number of benzene rings is 1. The van der Waals surface area contributed by atoms with Crippen LogP contribution in [0, 0.1) is 0 Å². The molecule has 6 nitrogen and oxygen atoms in total. The van der Waals surface area contributed by atoms with Crippen molar-refractivity contribution in [1.29, 1.82) is 0 Å². The van der Waals surface area contributed by atoms with Crippen LogP contribution in [0.3, 0.4) is 0 Å². The molecular weight excluding hydrogens is 292 g/mol. The zero-order valence-electron chi connectivity index (χ0n) is 11.1. The quantitative estimate of drug-likeness (QED) is 0.574. The minimum Gasteiger partial charge on any atom is -0.465 e. The predicted molar refractivity (Wildman–Crippen MR) is 80.0 cm³/mol. The van der Waals surface area contributed by atoms with E-state index in [-0.39, 0.29) is 10.7 Å². The number of nitrogens with zero attached hydrogens (tertiary/aromatic N) is 2. The van der Waals surface area contributed by atoms with E-state index in [0.29, 0.717) is 5.82 Å². The Kier molecular flexibility index (Phi) is 3.45. The average molecular weight is 303 g/mol. The number of aromatic amines is 1. The van der Waals surface area contributed by atoms with Crippen LogP contribution in [0.2, 0.25) is 5.15 Å². The normalized spacial score (nSPS) is 10.6. The Morgan fingerprint density at radius 3 is 3.00 bits per heavy atom. The number of fused-ring (bicyclic) bond motifs is 1. The number of esters is 1. The maximum absolute atomic E-state index is 11.8. The van der Waals surface area contributed by atoms with Crippen molar-refractivity contribution in [2.45, 2.75) is 0 Å². The minimum atomic E-state index is -0.593. The van der Waals surface area contributed by atoms with Crippen LogP contribution < -0.4 is 5.32 Å². The van der Waals surface area contributed by atoms with Crippen molar-refractivity contribution in [1.82, 2.24) is 15.0 Å². The van der Waals surface area contributed by atoms with Gasteiger partial charge in [0.05, 0.1) is 7.11 Å². The summed E-state index contributed by atoms with van der Waals surface area (Å²) in [7, 11) is 1.28. The first kappa shape index (κ1) is 13.4. The third kappa shape index (κ3) is 2.41. The molecule has 0 atom stereocenters. The van der Waals surface area contributed by atoms with Gasteiger partial charge in [0.2, 0.25) is 0 Å². The van der Waals surface area contributed by atoms with Crippen LogP contribution in [0.25, 0.3) is 10.9 Å². The second kappa shape index (κ2) is 5.41. The fourth-order valence-corrected chi connectivity index (χ4v) is 2.27. The van der Waals surface area contributed by atoms with Gasteiger partial charge < -0.3 is 15.0 Å². The van der Waals surface area contributed by atoms with Crippen LogP contribution in [-0.4, -0.2) is 28.0 Å². The summed E-state index contributed by atoms with van der Waals surface area (Å²) >= 11 is 5.97. The fourth-order valence-electron chi connectivity index (χ4n) is 2.06. The molecule has 0 amide bonds. The number of methoxy groups -OCH3 is 1. The molecule has 0 radical (unpaired) electrons. The van der Waals surface area contributed by atoms with Crippen molar-refractivity contribution in [3.8, 4) is 0 Å². The zero-order chi connectivity index (χ0) is 14.8. The van der Waals surface area contributed by atoms with Gasteiger partial charge in [-0.1, -0.05) is 17.7 Å². The van der Waals surface area contributed by atoms with Crippen LogP contribution in [0.5, 0.6) is 0 Å². The first-order chi connectivity index (χ1) is 10.2. The summed E-state index contributed by atoms with van der Waals surface area (Å²) in [6, 6.07) is 7.65. The highest BCUT2D eigenvalue weighted by molar-refractivity contribution is 6.33. The van der Waals surface area contributed by atoms with E-state index in [9.17, 15) is 4.79 Å². The molecule has 0 aliphatic heterocycles. The van der Waals surface area contributed by atoms with Gasteiger partial charge in [0, 0.05) is 22.8 Å². The second-order valence-corrected chi connectivity index (χ2v) is 4.61. The predicted octanol–water partition coefficient (Wildman–Crippen LogP) is 3.14. The van der Waals surface area contributed by atoms with Gasteiger partial charge in [-0.2, -0.15) is 0 Å². The third-order valence-corrected chi connectivity index (χ3v) is 3.33. The van der Waals surface area contributed by atoms with Gasteiger partial charge in [-0.05, 0) is 18.2 Å². The number of H-pyrrole nitrogens is 1. The van der Waals surface area contributed by atoms with E-state index in [1.165, 1.54) is 13.4 Å². The lowest BCUT2D eigenvalue weighted by Crippen LogP contribution is -2.09. The number of carbonyl (C=O) groups is 1. The molecule has 3 aromatic rings. The smallest absolute Gasteiger partial charge is 0.344 e. The maximum atomic E-state index is 11.8. The summed E-state index contributed by atoms with van der Waals surface area (Å²) in [6.07, 6.45) is 3.12. The minimum absolute atomic E-state index is 0.0422. The maximum Gasteiger partial charge on any atom is 0.344 e. The SMILES string of the molecule is COC(=O)c1c(Cl)ncnc1Nc1cccc2[nH]ccc12. The first-order valence-electron chi connectivity index (χ1n) is 6.12. The van der Waals surface area contributed by atoms with Crippen molar-refractivity contribution in [2.24, 2.45) is 0 Å². The van der Waals surface area contributed by atoms with Crippen molar-refractivity contribution in [2.75, 3.05) is 12.4 Å². The van der Waals surface area contributed by atoms with Gasteiger partial charge in [-0.15, -0.1) is 0 Å². The van der Waals surface area contributed by atoms with Crippen LogP contribution in [0.4, 0.5) is 11.5 Å². The molecule has 0 aliphatic rings. The lowest BCUT2D eigenvalue weighted by molar-refractivity contribution is 0.0601. The number of hydrogen-bond donors (Lipinski definition) is 2. The highest BCUT2D eigenvalue weighted by Crippen LogP contribution is 2.28. The number of rotatable bonds is 3. The molecule has 0 fully saturated rings.